The highest BCUT2D eigenvalue weighted by atomic mass is 35.5. The van der Waals surface area contributed by atoms with Crippen molar-refractivity contribution < 1.29 is 9.53 Å². The van der Waals surface area contributed by atoms with Gasteiger partial charge in [-0.05, 0) is 18.2 Å². The first-order valence-electron chi connectivity index (χ1n) is 5.67. The summed E-state index contributed by atoms with van der Waals surface area (Å²) in [5.74, 6) is -0.340. The molecule has 0 fully saturated rings. The Balaban J connectivity index is 2.01. The summed E-state index contributed by atoms with van der Waals surface area (Å²) in [4.78, 5) is 11.5. The van der Waals surface area contributed by atoms with Crippen LogP contribution in [-0.2, 0) is 16.1 Å². The van der Waals surface area contributed by atoms with Crippen molar-refractivity contribution in [2.24, 2.45) is 0 Å². The van der Waals surface area contributed by atoms with Crippen LogP contribution in [0.25, 0.3) is 17.3 Å². The lowest BCUT2D eigenvalue weighted by atomic mass is 10.1. The molecule has 0 unspecified atom stereocenters. The van der Waals surface area contributed by atoms with Gasteiger partial charge < -0.3 is 4.74 Å². The molecule has 3 rings (SSSR count). The van der Waals surface area contributed by atoms with Crippen LogP contribution >= 0.6 is 11.6 Å². The number of rotatable bonds is 2. The topological polar surface area (TPSA) is 57.0 Å². The van der Waals surface area contributed by atoms with E-state index >= 15 is 0 Å². The van der Waals surface area contributed by atoms with E-state index in [4.69, 9.17) is 16.3 Å². The zero-order valence-corrected chi connectivity index (χ0v) is 10.9. The third-order valence-corrected chi connectivity index (χ3v) is 3.22. The fourth-order valence-electron chi connectivity index (χ4n) is 2.02. The maximum atomic E-state index is 11.5. The van der Waals surface area contributed by atoms with Crippen LogP contribution in [0.1, 0.15) is 5.69 Å². The van der Waals surface area contributed by atoms with Crippen molar-refractivity contribution in [3.05, 3.63) is 40.6 Å². The average molecular weight is 276 g/mol. The van der Waals surface area contributed by atoms with Crippen LogP contribution in [0.4, 0.5) is 0 Å². The minimum atomic E-state index is -0.340. The molecule has 0 amide bonds. The molecule has 0 atom stereocenters. The van der Waals surface area contributed by atoms with Gasteiger partial charge in [-0.1, -0.05) is 28.9 Å². The molecular formula is C13H10ClN3O2. The molecule has 0 spiro atoms. The number of benzene rings is 1. The highest BCUT2D eigenvalue weighted by Crippen LogP contribution is 2.28. The first-order valence-corrected chi connectivity index (χ1v) is 6.05. The molecule has 1 aliphatic heterocycles. The smallest absolute Gasteiger partial charge is 0.335 e. The number of hydrogen-bond acceptors (Lipinski definition) is 4. The van der Waals surface area contributed by atoms with Gasteiger partial charge in [-0.15, -0.1) is 5.10 Å². The van der Waals surface area contributed by atoms with Crippen molar-refractivity contribution in [3.63, 3.8) is 0 Å². The molecule has 2 heterocycles. The zero-order chi connectivity index (χ0) is 13.4. The van der Waals surface area contributed by atoms with Gasteiger partial charge in [0.25, 0.3) is 0 Å². The summed E-state index contributed by atoms with van der Waals surface area (Å²) in [5.41, 5.74) is 3.02. The number of halogens is 1. The van der Waals surface area contributed by atoms with Gasteiger partial charge in [-0.3, -0.25) is 0 Å². The fraction of sp³-hybridized carbons (Fsp3) is 0.154. The van der Waals surface area contributed by atoms with Gasteiger partial charge in [-0.2, -0.15) is 0 Å². The SMILES string of the molecule is COC(=O)C1=Cc2c(-c3ccc(Cl)cc3)nnn2C1. The molecule has 6 heteroatoms. The van der Waals surface area contributed by atoms with Crippen LogP contribution in [0.3, 0.4) is 0 Å². The predicted octanol–water partition coefficient (Wildman–Crippen LogP) is 2.17. The Bertz CT molecular complexity index is 674. The van der Waals surface area contributed by atoms with Crippen LogP contribution in [0, 0.1) is 0 Å². The second kappa shape index (κ2) is 4.51. The first-order chi connectivity index (χ1) is 9.19. The molecule has 5 nitrogen and oxygen atoms in total. The summed E-state index contributed by atoms with van der Waals surface area (Å²) in [7, 11) is 1.36. The summed E-state index contributed by atoms with van der Waals surface area (Å²) in [6, 6.07) is 7.33. The third-order valence-electron chi connectivity index (χ3n) is 2.97. The Hall–Kier alpha value is -2.14. The molecule has 1 aromatic heterocycles. The Morgan fingerprint density at radius 2 is 2.11 bits per heavy atom. The summed E-state index contributed by atoms with van der Waals surface area (Å²) in [6.45, 7) is 0.391. The molecule has 1 aromatic carbocycles. The standard InChI is InChI=1S/C13H10ClN3O2/c1-19-13(18)9-6-11-12(15-16-17(11)7-9)8-2-4-10(14)5-3-8/h2-6H,7H2,1H3. The summed E-state index contributed by atoms with van der Waals surface area (Å²) in [6.07, 6.45) is 1.76. The normalized spacial score (nSPS) is 13.1. The summed E-state index contributed by atoms with van der Waals surface area (Å²) in [5, 5.41) is 8.83. The zero-order valence-electron chi connectivity index (χ0n) is 10.1. The monoisotopic (exact) mass is 275 g/mol. The van der Waals surface area contributed by atoms with E-state index in [0.29, 0.717) is 17.1 Å². The van der Waals surface area contributed by atoms with E-state index in [1.807, 2.05) is 12.1 Å². The van der Waals surface area contributed by atoms with Crippen molar-refractivity contribution in [1.82, 2.24) is 15.0 Å². The van der Waals surface area contributed by atoms with Crippen LogP contribution in [0.15, 0.2) is 29.8 Å². The lowest BCUT2D eigenvalue weighted by Gasteiger charge is -1.97. The molecule has 0 N–H and O–H groups in total. The molecular weight excluding hydrogens is 266 g/mol. The highest BCUT2D eigenvalue weighted by Gasteiger charge is 2.23. The Kier molecular flexibility index (Phi) is 2.83. The molecule has 0 aliphatic carbocycles. The van der Waals surface area contributed by atoms with Crippen LogP contribution in [-0.4, -0.2) is 28.1 Å². The number of nitrogens with zero attached hydrogens (tertiary/aromatic N) is 3. The van der Waals surface area contributed by atoms with E-state index < -0.39 is 0 Å². The summed E-state index contributed by atoms with van der Waals surface area (Å²) < 4.78 is 6.39. The lowest BCUT2D eigenvalue weighted by Crippen LogP contribution is -2.08. The van der Waals surface area contributed by atoms with Crippen LogP contribution in [0.5, 0.6) is 0 Å². The second-order valence-corrected chi connectivity index (χ2v) is 4.59. The molecule has 2 aromatic rings. The van der Waals surface area contributed by atoms with Gasteiger partial charge in [0, 0.05) is 10.6 Å². The van der Waals surface area contributed by atoms with Crippen LogP contribution < -0.4 is 0 Å². The average Bonchev–Trinajstić information content (AvgIpc) is 2.99. The Morgan fingerprint density at radius 3 is 2.79 bits per heavy atom. The quantitative estimate of drug-likeness (QED) is 0.788. The Morgan fingerprint density at radius 1 is 1.37 bits per heavy atom. The minimum absolute atomic E-state index is 0.340. The molecule has 0 radical (unpaired) electrons. The molecule has 0 saturated heterocycles. The highest BCUT2D eigenvalue weighted by molar-refractivity contribution is 6.30. The number of carbonyl (C=O) groups excluding carboxylic acids is 1. The fourth-order valence-corrected chi connectivity index (χ4v) is 2.15. The van der Waals surface area contributed by atoms with Crippen molar-refractivity contribution >= 4 is 23.6 Å². The molecule has 96 valence electrons. The van der Waals surface area contributed by atoms with E-state index in [9.17, 15) is 4.79 Å². The van der Waals surface area contributed by atoms with E-state index in [2.05, 4.69) is 10.3 Å². The molecule has 19 heavy (non-hydrogen) atoms. The van der Waals surface area contributed by atoms with Gasteiger partial charge in [0.2, 0.25) is 0 Å². The van der Waals surface area contributed by atoms with E-state index in [1.165, 1.54) is 7.11 Å². The van der Waals surface area contributed by atoms with Gasteiger partial charge in [0.15, 0.2) is 0 Å². The second-order valence-electron chi connectivity index (χ2n) is 4.15. The van der Waals surface area contributed by atoms with Crippen molar-refractivity contribution in [3.8, 4) is 11.3 Å². The number of methoxy groups -OCH3 is 1. The molecule has 0 bridgehead atoms. The van der Waals surface area contributed by atoms with E-state index in [0.717, 1.165) is 17.0 Å². The van der Waals surface area contributed by atoms with E-state index in [-0.39, 0.29) is 5.97 Å². The molecule has 0 saturated carbocycles. The number of esters is 1. The van der Waals surface area contributed by atoms with Gasteiger partial charge >= 0.3 is 5.97 Å². The van der Waals surface area contributed by atoms with Crippen molar-refractivity contribution in [2.45, 2.75) is 6.54 Å². The third kappa shape index (κ3) is 2.02. The number of aromatic nitrogens is 3. The Labute approximate surface area is 114 Å². The minimum Gasteiger partial charge on any atom is -0.466 e. The number of fused-ring (bicyclic) bond motifs is 1. The van der Waals surface area contributed by atoms with Crippen LogP contribution in [0.2, 0.25) is 5.02 Å². The maximum absolute atomic E-state index is 11.5. The lowest BCUT2D eigenvalue weighted by molar-refractivity contribution is -0.136. The largest absolute Gasteiger partial charge is 0.466 e. The number of carbonyl (C=O) groups is 1. The summed E-state index contributed by atoms with van der Waals surface area (Å²) >= 11 is 5.86. The van der Waals surface area contributed by atoms with Gasteiger partial charge in [-0.25, -0.2) is 9.48 Å². The van der Waals surface area contributed by atoms with Gasteiger partial charge in [0.05, 0.1) is 24.9 Å². The number of hydrogen-bond donors (Lipinski definition) is 0. The van der Waals surface area contributed by atoms with E-state index in [1.54, 1.807) is 22.9 Å². The maximum Gasteiger partial charge on any atom is 0.335 e. The first kappa shape index (κ1) is 11.9. The van der Waals surface area contributed by atoms with Gasteiger partial charge in [0.1, 0.15) is 5.69 Å². The molecule has 1 aliphatic rings. The number of ether oxygens (including phenoxy) is 1. The van der Waals surface area contributed by atoms with Crippen molar-refractivity contribution in [2.75, 3.05) is 7.11 Å². The predicted molar refractivity (Wildman–Crippen MR) is 70.5 cm³/mol. The van der Waals surface area contributed by atoms with Crippen molar-refractivity contribution in [1.29, 1.82) is 0 Å².